The largest absolute Gasteiger partial charge is 0.505 e. The van der Waals surface area contributed by atoms with E-state index in [4.69, 9.17) is 15.2 Å². The fraction of sp³-hybridized carbons (Fsp3) is 0.188. The van der Waals surface area contributed by atoms with Crippen molar-refractivity contribution in [2.45, 2.75) is 10.2 Å². The molecule has 13 heteroatoms. The maximum atomic E-state index is 14.2. The summed E-state index contributed by atoms with van der Waals surface area (Å²) in [4.78, 5) is 10.3. The van der Waals surface area contributed by atoms with Crippen molar-refractivity contribution in [2.24, 2.45) is 10.8 Å². The summed E-state index contributed by atoms with van der Waals surface area (Å²) in [5, 5.41) is 20.0. The minimum Gasteiger partial charge on any atom is -0.505 e. The third-order valence-electron chi connectivity index (χ3n) is 3.42. The normalized spacial score (nSPS) is 11.8. The molecule has 0 atom stereocenters. The van der Waals surface area contributed by atoms with Crippen LogP contribution in [0.3, 0.4) is 0 Å². The number of nitrogens with two attached hydrogens (primary N) is 1. The van der Waals surface area contributed by atoms with Crippen molar-refractivity contribution in [3.63, 3.8) is 0 Å². The van der Waals surface area contributed by atoms with Crippen LogP contribution in [0.4, 0.5) is 24.5 Å². The van der Waals surface area contributed by atoms with Gasteiger partial charge in [-0.15, -0.1) is 0 Å². The van der Waals surface area contributed by atoms with E-state index in [1.165, 1.54) is 20.3 Å². The van der Waals surface area contributed by atoms with E-state index in [0.717, 1.165) is 24.3 Å². The number of nitro groups is 1. The van der Waals surface area contributed by atoms with E-state index in [0.29, 0.717) is 0 Å². The Balaban J connectivity index is 2.26. The fourth-order valence-corrected chi connectivity index (χ4v) is 2.84. The number of benzene rings is 2. The molecule has 0 aliphatic carbocycles. The Morgan fingerprint density at radius 3 is 2.55 bits per heavy atom. The summed E-state index contributed by atoms with van der Waals surface area (Å²) in [6.07, 6.45) is 0. The highest BCUT2D eigenvalue weighted by molar-refractivity contribution is 8.01. The van der Waals surface area contributed by atoms with E-state index in [-0.39, 0.29) is 33.8 Å². The maximum absolute atomic E-state index is 14.2. The predicted octanol–water partition coefficient (Wildman–Crippen LogP) is 3.53. The second-order valence-corrected chi connectivity index (χ2v) is 6.52. The lowest BCUT2D eigenvalue weighted by Crippen LogP contribution is -2.33. The standard InChI is InChI=1S/C16H15F3N4O5S/c1-27-13-6-8(5-11(23(25)26)14(13)28-2)21-22-15(20)16(18,19)29-9-3-4-10(17)12(24)7-9/h3-7,21,24H,1-2H3,(H2,20,22). The molecule has 0 heterocycles. The number of aromatic hydroxyl groups is 1. The van der Waals surface area contributed by atoms with Gasteiger partial charge in [-0.3, -0.25) is 15.5 Å². The number of rotatable bonds is 8. The Labute approximate surface area is 166 Å². The summed E-state index contributed by atoms with van der Waals surface area (Å²) in [5.41, 5.74) is 6.99. The van der Waals surface area contributed by atoms with Gasteiger partial charge in [0.15, 0.2) is 17.3 Å². The van der Waals surface area contributed by atoms with Gasteiger partial charge in [0.05, 0.1) is 24.8 Å². The van der Waals surface area contributed by atoms with Crippen molar-refractivity contribution >= 4 is 29.0 Å². The molecule has 4 N–H and O–H groups in total. The zero-order chi connectivity index (χ0) is 21.8. The highest BCUT2D eigenvalue weighted by Gasteiger charge is 2.36. The molecule has 2 rings (SSSR count). The summed E-state index contributed by atoms with van der Waals surface area (Å²) < 4.78 is 51.4. The number of hydrogen-bond donors (Lipinski definition) is 3. The van der Waals surface area contributed by atoms with Gasteiger partial charge in [-0.1, -0.05) is 0 Å². The predicted molar refractivity (Wildman–Crippen MR) is 100 cm³/mol. The molecule has 0 spiro atoms. The summed E-state index contributed by atoms with van der Waals surface area (Å²) in [5.74, 6) is -3.10. The lowest BCUT2D eigenvalue weighted by molar-refractivity contribution is -0.385. The zero-order valence-corrected chi connectivity index (χ0v) is 15.8. The van der Waals surface area contributed by atoms with Gasteiger partial charge in [0.2, 0.25) is 11.6 Å². The molecule has 2 aromatic carbocycles. The number of halogens is 3. The smallest absolute Gasteiger partial charge is 0.356 e. The van der Waals surface area contributed by atoms with E-state index in [2.05, 4.69) is 10.5 Å². The van der Waals surface area contributed by atoms with Crippen LogP contribution < -0.4 is 20.6 Å². The Morgan fingerprint density at radius 2 is 2.00 bits per heavy atom. The van der Waals surface area contributed by atoms with Crippen LogP contribution in [0.5, 0.6) is 17.2 Å². The number of phenolic OH excluding ortho intramolecular Hbond substituents is 1. The van der Waals surface area contributed by atoms with Gasteiger partial charge in [0, 0.05) is 17.0 Å². The summed E-state index contributed by atoms with van der Waals surface area (Å²) in [6.45, 7) is 0. The number of ether oxygens (including phenoxy) is 2. The number of nitrogens with one attached hydrogen (secondary N) is 1. The van der Waals surface area contributed by atoms with Gasteiger partial charge >= 0.3 is 10.9 Å². The molecule has 0 unspecified atom stereocenters. The van der Waals surface area contributed by atoms with Crippen LogP contribution >= 0.6 is 11.8 Å². The molecular weight excluding hydrogens is 417 g/mol. The van der Waals surface area contributed by atoms with Crippen LogP contribution in [0, 0.1) is 15.9 Å². The van der Waals surface area contributed by atoms with Crippen molar-refractivity contribution in [3.05, 3.63) is 46.3 Å². The number of nitro benzene ring substituents is 1. The Hall–Kier alpha value is -3.35. The Kier molecular flexibility index (Phi) is 6.64. The highest BCUT2D eigenvalue weighted by Crippen LogP contribution is 2.40. The van der Waals surface area contributed by atoms with Crippen molar-refractivity contribution in [1.29, 1.82) is 0 Å². The van der Waals surface area contributed by atoms with Crippen LogP contribution in [0.2, 0.25) is 0 Å². The minimum atomic E-state index is -3.74. The van der Waals surface area contributed by atoms with E-state index in [9.17, 15) is 28.4 Å². The molecule has 156 valence electrons. The first-order chi connectivity index (χ1) is 13.6. The van der Waals surface area contributed by atoms with Crippen LogP contribution in [0.1, 0.15) is 0 Å². The molecule has 0 fully saturated rings. The van der Waals surface area contributed by atoms with Crippen LogP contribution in [0.25, 0.3) is 0 Å². The number of phenols is 1. The molecule has 0 bridgehead atoms. The first kappa shape index (κ1) is 21.9. The van der Waals surface area contributed by atoms with Gasteiger partial charge < -0.3 is 20.3 Å². The molecule has 0 saturated carbocycles. The number of nitrogens with zero attached hydrogens (tertiary/aromatic N) is 2. The van der Waals surface area contributed by atoms with Crippen molar-refractivity contribution < 1.29 is 32.7 Å². The van der Waals surface area contributed by atoms with Gasteiger partial charge in [-0.2, -0.15) is 13.9 Å². The minimum absolute atomic E-state index is 0.0269. The van der Waals surface area contributed by atoms with Crippen molar-refractivity contribution in [3.8, 4) is 17.2 Å². The maximum Gasteiger partial charge on any atom is 0.356 e. The number of hydrogen-bond acceptors (Lipinski definition) is 8. The lowest BCUT2D eigenvalue weighted by Gasteiger charge is -2.15. The average Bonchev–Trinajstić information content (AvgIpc) is 2.67. The third kappa shape index (κ3) is 5.13. The first-order valence-corrected chi connectivity index (χ1v) is 8.46. The molecule has 0 aliphatic heterocycles. The monoisotopic (exact) mass is 432 g/mol. The Bertz CT molecular complexity index is 958. The molecule has 0 radical (unpaired) electrons. The number of methoxy groups -OCH3 is 2. The van der Waals surface area contributed by atoms with Gasteiger partial charge in [-0.05, 0) is 30.0 Å². The van der Waals surface area contributed by atoms with E-state index < -0.39 is 33.3 Å². The Morgan fingerprint density at radius 1 is 1.31 bits per heavy atom. The molecule has 0 aromatic heterocycles. The fourth-order valence-electron chi connectivity index (χ4n) is 2.09. The molecule has 9 nitrogen and oxygen atoms in total. The topological polar surface area (TPSA) is 132 Å². The van der Waals surface area contributed by atoms with Crippen molar-refractivity contribution in [1.82, 2.24) is 0 Å². The number of amidine groups is 1. The second-order valence-electron chi connectivity index (χ2n) is 5.33. The van der Waals surface area contributed by atoms with E-state index in [1.807, 2.05) is 0 Å². The molecule has 29 heavy (non-hydrogen) atoms. The number of thioether (sulfide) groups is 1. The quantitative estimate of drug-likeness (QED) is 0.190. The molecule has 0 amide bonds. The van der Waals surface area contributed by atoms with E-state index >= 15 is 0 Å². The van der Waals surface area contributed by atoms with Crippen LogP contribution in [-0.2, 0) is 0 Å². The molecule has 0 saturated heterocycles. The second kappa shape index (κ2) is 8.77. The zero-order valence-electron chi connectivity index (χ0n) is 15.0. The first-order valence-electron chi connectivity index (χ1n) is 7.64. The van der Waals surface area contributed by atoms with Gasteiger partial charge in [0.1, 0.15) is 0 Å². The SMILES string of the molecule is COc1cc(NN=C(N)C(F)(F)Sc2ccc(F)c(O)c2)cc([N+](=O)[O-])c1OC. The number of anilines is 1. The van der Waals surface area contributed by atoms with E-state index in [1.54, 1.807) is 0 Å². The number of hydrazone groups is 1. The lowest BCUT2D eigenvalue weighted by atomic mass is 10.2. The average molecular weight is 432 g/mol. The van der Waals surface area contributed by atoms with Gasteiger partial charge in [0.25, 0.3) is 0 Å². The number of alkyl halides is 2. The van der Waals surface area contributed by atoms with Gasteiger partial charge in [-0.25, -0.2) is 4.39 Å². The molecular formula is C16H15F3N4O5S. The molecule has 2 aromatic rings. The van der Waals surface area contributed by atoms with Crippen molar-refractivity contribution in [2.75, 3.05) is 19.6 Å². The van der Waals surface area contributed by atoms with Crippen LogP contribution in [-0.4, -0.2) is 35.3 Å². The summed E-state index contributed by atoms with van der Waals surface area (Å²) >= 11 is -0.0749. The highest BCUT2D eigenvalue weighted by atomic mass is 32.2. The van der Waals surface area contributed by atoms with Crippen LogP contribution in [0.15, 0.2) is 40.3 Å². The summed E-state index contributed by atoms with van der Waals surface area (Å²) in [7, 11) is 2.45. The molecule has 0 aliphatic rings. The summed E-state index contributed by atoms with van der Waals surface area (Å²) in [6, 6.07) is 4.91. The third-order valence-corrected chi connectivity index (χ3v) is 4.38.